The fourth-order valence-electron chi connectivity index (χ4n) is 3.29. The average molecular weight is 354 g/mol. The Morgan fingerprint density at radius 3 is 2.81 bits per heavy atom. The van der Waals surface area contributed by atoms with Gasteiger partial charge in [-0.05, 0) is 43.9 Å². The van der Waals surface area contributed by atoms with Gasteiger partial charge in [0.25, 0.3) is 0 Å². The molecule has 0 saturated heterocycles. The highest BCUT2D eigenvalue weighted by molar-refractivity contribution is 5.88. The summed E-state index contributed by atoms with van der Waals surface area (Å²) in [4.78, 5) is 23.9. The van der Waals surface area contributed by atoms with Crippen LogP contribution in [-0.2, 0) is 16.6 Å². The van der Waals surface area contributed by atoms with Crippen molar-refractivity contribution in [1.82, 2.24) is 15.3 Å². The van der Waals surface area contributed by atoms with E-state index in [0.717, 1.165) is 36.3 Å². The summed E-state index contributed by atoms with van der Waals surface area (Å²) >= 11 is 0. The summed E-state index contributed by atoms with van der Waals surface area (Å²) in [5.74, 6) is 1.44. The number of ether oxygens (including phenoxy) is 1. The minimum atomic E-state index is -0.631. The number of aryl methyl sites for hydroxylation is 1. The Labute approximate surface area is 154 Å². The van der Waals surface area contributed by atoms with Crippen LogP contribution in [0.1, 0.15) is 31.0 Å². The Bertz CT molecular complexity index is 764. The zero-order valence-electron chi connectivity index (χ0n) is 15.7. The lowest BCUT2D eigenvalue weighted by Gasteiger charge is -2.33. The van der Waals surface area contributed by atoms with Crippen molar-refractivity contribution in [1.29, 1.82) is 0 Å². The largest absolute Gasteiger partial charge is 0.492 e. The second kappa shape index (κ2) is 7.72. The predicted octanol–water partition coefficient (Wildman–Crippen LogP) is 2.33. The Morgan fingerprint density at radius 1 is 1.31 bits per heavy atom. The molecule has 1 aliphatic carbocycles. The number of rotatable bonds is 6. The number of carbonyl (C=O) groups excluding carboxylic acids is 1. The van der Waals surface area contributed by atoms with Crippen molar-refractivity contribution in [2.24, 2.45) is 0 Å². The van der Waals surface area contributed by atoms with Gasteiger partial charge in [0.15, 0.2) is 0 Å². The molecule has 1 heterocycles. The molecule has 1 unspecified atom stereocenters. The number of benzene rings is 1. The summed E-state index contributed by atoms with van der Waals surface area (Å²) in [6, 6.07) is 9.60. The van der Waals surface area contributed by atoms with Crippen LogP contribution >= 0.6 is 0 Å². The molecule has 26 heavy (non-hydrogen) atoms. The maximum absolute atomic E-state index is 12.9. The second-order valence-electron chi connectivity index (χ2n) is 7.04. The highest BCUT2D eigenvalue weighted by atomic mass is 16.5. The van der Waals surface area contributed by atoms with Gasteiger partial charge < -0.3 is 15.0 Å². The standard InChI is InChI=1S/C20H26N4O2/c1-20(18(25)21-12-13-26-16-9-5-4-6-10-16)11-7-8-15-14-22-19(24(2)3)23-17(15)20/h4-6,9-10,14H,7-8,11-13H2,1-3H3,(H,21,25). The van der Waals surface area contributed by atoms with E-state index in [1.165, 1.54) is 0 Å². The van der Waals surface area contributed by atoms with Crippen molar-refractivity contribution in [3.8, 4) is 5.75 Å². The van der Waals surface area contributed by atoms with Gasteiger partial charge in [0, 0.05) is 20.3 Å². The number of anilines is 1. The van der Waals surface area contributed by atoms with Crippen LogP contribution in [0.2, 0.25) is 0 Å². The second-order valence-corrected chi connectivity index (χ2v) is 7.04. The van der Waals surface area contributed by atoms with Crippen LogP contribution in [0.15, 0.2) is 36.5 Å². The molecule has 1 N–H and O–H groups in total. The maximum Gasteiger partial charge on any atom is 0.232 e. The Balaban J connectivity index is 1.66. The van der Waals surface area contributed by atoms with Gasteiger partial charge in [-0.25, -0.2) is 9.97 Å². The van der Waals surface area contributed by atoms with Crippen molar-refractivity contribution in [2.45, 2.75) is 31.6 Å². The summed E-state index contributed by atoms with van der Waals surface area (Å²) in [6.45, 7) is 2.88. The third kappa shape index (κ3) is 3.79. The molecule has 0 fully saturated rings. The topological polar surface area (TPSA) is 67.4 Å². The first-order valence-corrected chi connectivity index (χ1v) is 9.00. The molecule has 1 aromatic carbocycles. The Morgan fingerprint density at radius 2 is 2.08 bits per heavy atom. The van der Waals surface area contributed by atoms with Crippen LogP contribution in [0.3, 0.4) is 0 Å². The number of hydrogen-bond donors (Lipinski definition) is 1. The summed E-state index contributed by atoms with van der Waals surface area (Å²) in [7, 11) is 3.81. The van der Waals surface area contributed by atoms with Crippen LogP contribution in [0.5, 0.6) is 5.75 Å². The average Bonchev–Trinajstić information content (AvgIpc) is 2.66. The summed E-state index contributed by atoms with van der Waals surface area (Å²) < 4.78 is 5.65. The van der Waals surface area contributed by atoms with Gasteiger partial charge in [0.1, 0.15) is 12.4 Å². The molecule has 1 aliphatic rings. The van der Waals surface area contributed by atoms with E-state index in [9.17, 15) is 4.79 Å². The molecule has 0 spiro atoms. The molecular formula is C20H26N4O2. The molecule has 1 atom stereocenters. The molecular weight excluding hydrogens is 328 g/mol. The molecule has 0 aliphatic heterocycles. The number of nitrogens with zero attached hydrogens (tertiary/aromatic N) is 3. The summed E-state index contributed by atoms with van der Waals surface area (Å²) in [6.07, 6.45) is 4.53. The lowest BCUT2D eigenvalue weighted by molar-refractivity contribution is -0.127. The van der Waals surface area contributed by atoms with Crippen LogP contribution in [0.25, 0.3) is 0 Å². The monoisotopic (exact) mass is 354 g/mol. The molecule has 1 amide bonds. The lowest BCUT2D eigenvalue weighted by Crippen LogP contribution is -2.46. The van der Waals surface area contributed by atoms with Gasteiger partial charge >= 0.3 is 0 Å². The van der Waals surface area contributed by atoms with Crippen molar-refractivity contribution >= 4 is 11.9 Å². The normalized spacial score (nSPS) is 18.7. The van der Waals surface area contributed by atoms with Crippen molar-refractivity contribution in [2.75, 3.05) is 32.1 Å². The van der Waals surface area contributed by atoms with Gasteiger partial charge in [0.05, 0.1) is 17.7 Å². The molecule has 0 radical (unpaired) electrons. The van der Waals surface area contributed by atoms with Gasteiger partial charge in [-0.3, -0.25) is 4.79 Å². The fourth-order valence-corrected chi connectivity index (χ4v) is 3.29. The van der Waals surface area contributed by atoms with E-state index in [1.807, 2.05) is 62.4 Å². The molecule has 138 valence electrons. The minimum absolute atomic E-state index is 0.00137. The van der Waals surface area contributed by atoms with E-state index in [2.05, 4.69) is 15.3 Å². The van der Waals surface area contributed by atoms with Crippen molar-refractivity contribution < 1.29 is 9.53 Å². The Hall–Kier alpha value is -2.63. The van der Waals surface area contributed by atoms with Crippen LogP contribution in [0, 0.1) is 0 Å². The number of amides is 1. The first-order chi connectivity index (χ1) is 12.5. The number of hydrogen-bond acceptors (Lipinski definition) is 5. The van der Waals surface area contributed by atoms with Crippen LogP contribution in [0.4, 0.5) is 5.95 Å². The summed E-state index contributed by atoms with van der Waals surface area (Å²) in [5, 5.41) is 3.01. The third-order valence-corrected chi connectivity index (χ3v) is 4.80. The lowest BCUT2D eigenvalue weighted by atomic mass is 9.74. The summed E-state index contributed by atoms with van der Waals surface area (Å²) in [5.41, 5.74) is 1.29. The highest BCUT2D eigenvalue weighted by Gasteiger charge is 2.40. The maximum atomic E-state index is 12.9. The van der Waals surface area contributed by atoms with Crippen LogP contribution in [-0.4, -0.2) is 43.1 Å². The first-order valence-electron chi connectivity index (χ1n) is 9.00. The van der Waals surface area contributed by atoms with E-state index in [1.54, 1.807) is 0 Å². The molecule has 0 saturated carbocycles. The SMILES string of the molecule is CN(C)c1ncc2c(n1)C(C)(C(=O)NCCOc1ccccc1)CCC2. The molecule has 2 aromatic rings. The fraction of sp³-hybridized carbons (Fsp3) is 0.450. The van der Waals surface area contributed by atoms with E-state index in [-0.39, 0.29) is 5.91 Å². The van der Waals surface area contributed by atoms with Gasteiger partial charge in [0.2, 0.25) is 11.9 Å². The number of carbonyl (C=O) groups is 1. The minimum Gasteiger partial charge on any atom is -0.492 e. The number of aromatic nitrogens is 2. The highest BCUT2D eigenvalue weighted by Crippen LogP contribution is 2.36. The molecule has 3 rings (SSSR count). The zero-order valence-corrected chi connectivity index (χ0v) is 15.7. The number of fused-ring (bicyclic) bond motifs is 1. The van der Waals surface area contributed by atoms with E-state index < -0.39 is 5.41 Å². The van der Waals surface area contributed by atoms with E-state index in [0.29, 0.717) is 19.1 Å². The zero-order chi connectivity index (χ0) is 18.6. The molecule has 1 aromatic heterocycles. The Kier molecular flexibility index (Phi) is 5.40. The molecule has 6 nitrogen and oxygen atoms in total. The first kappa shape index (κ1) is 18.2. The van der Waals surface area contributed by atoms with Gasteiger partial charge in [-0.1, -0.05) is 18.2 Å². The van der Waals surface area contributed by atoms with Crippen LogP contribution < -0.4 is 15.0 Å². The van der Waals surface area contributed by atoms with Gasteiger partial charge in [-0.15, -0.1) is 0 Å². The third-order valence-electron chi connectivity index (χ3n) is 4.80. The molecule has 6 heteroatoms. The predicted molar refractivity (Wildman–Crippen MR) is 102 cm³/mol. The van der Waals surface area contributed by atoms with Crippen molar-refractivity contribution in [3.05, 3.63) is 47.8 Å². The smallest absolute Gasteiger partial charge is 0.232 e. The van der Waals surface area contributed by atoms with E-state index >= 15 is 0 Å². The quantitative estimate of drug-likeness (QED) is 0.807. The van der Waals surface area contributed by atoms with Gasteiger partial charge in [-0.2, -0.15) is 0 Å². The number of para-hydroxylation sites is 1. The number of nitrogens with one attached hydrogen (secondary N) is 1. The van der Waals surface area contributed by atoms with E-state index in [4.69, 9.17) is 4.74 Å². The molecule has 0 bridgehead atoms. The van der Waals surface area contributed by atoms with Crippen molar-refractivity contribution in [3.63, 3.8) is 0 Å².